The Hall–Kier alpha value is -1.40. The molecular formula is C14H15BrClN3O2. The van der Waals surface area contributed by atoms with Crippen LogP contribution in [0.4, 0.5) is 4.79 Å². The molecule has 0 aliphatic carbocycles. The van der Waals surface area contributed by atoms with E-state index in [0.29, 0.717) is 27.4 Å². The van der Waals surface area contributed by atoms with Gasteiger partial charge in [0.15, 0.2) is 0 Å². The lowest BCUT2D eigenvalue weighted by Gasteiger charge is -2.19. The first-order valence-electron chi connectivity index (χ1n) is 6.30. The van der Waals surface area contributed by atoms with Crippen molar-refractivity contribution < 1.29 is 9.53 Å². The number of rotatable bonds is 2. The van der Waals surface area contributed by atoms with Crippen LogP contribution >= 0.6 is 27.5 Å². The van der Waals surface area contributed by atoms with E-state index in [1.54, 1.807) is 24.4 Å². The van der Waals surface area contributed by atoms with Crippen LogP contribution in [-0.4, -0.2) is 26.5 Å². The number of hydrogen-bond acceptors (Lipinski definition) is 4. The van der Waals surface area contributed by atoms with Crippen LogP contribution in [0.3, 0.4) is 0 Å². The molecular weight excluding hydrogens is 358 g/mol. The lowest BCUT2D eigenvalue weighted by atomic mass is 10.2. The maximum atomic E-state index is 12.2. The first-order chi connectivity index (χ1) is 9.80. The predicted molar refractivity (Wildman–Crippen MR) is 84.7 cm³/mol. The van der Waals surface area contributed by atoms with E-state index in [1.165, 1.54) is 4.68 Å². The molecule has 2 heterocycles. The molecule has 2 aromatic rings. The molecule has 0 spiro atoms. The number of hydrogen-bond donors (Lipinski definition) is 0. The molecule has 0 aliphatic heterocycles. The van der Waals surface area contributed by atoms with E-state index < -0.39 is 11.7 Å². The maximum absolute atomic E-state index is 12.2. The zero-order valence-electron chi connectivity index (χ0n) is 11.9. The monoisotopic (exact) mass is 371 g/mol. The molecule has 0 bridgehead atoms. The highest BCUT2D eigenvalue weighted by atomic mass is 79.9. The van der Waals surface area contributed by atoms with Crippen LogP contribution in [0.5, 0.6) is 0 Å². The molecule has 0 fully saturated rings. The minimum Gasteiger partial charge on any atom is -0.442 e. The van der Waals surface area contributed by atoms with Crippen LogP contribution in [0.1, 0.15) is 26.5 Å². The number of alkyl halides is 1. The summed E-state index contributed by atoms with van der Waals surface area (Å²) in [5, 5.41) is 5.30. The molecule has 2 rings (SSSR count). The van der Waals surface area contributed by atoms with Gasteiger partial charge in [-0.05, 0) is 39.0 Å². The Bertz CT molecular complexity index is 664. The van der Waals surface area contributed by atoms with Crippen LogP contribution < -0.4 is 0 Å². The quantitative estimate of drug-likeness (QED) is 0.738. The average molecular weight is 373 g/mol. The second-order valence-electron chi connectivity index (χ2n) is 5.41. The fourth-order valence-electron chi connectivity index (χ4n) is 1.65. The highest BCUT2D eigenvalue weighted by Crippen LogP contribution is 2.22. The number of carbonyl (C=O) groups excluding carboxylic acids is 1. The van der Waals surface area contributed by atoms with Crippen molar-refractivity contribution in [2.75, 3.05) is 0 Å². The molecule has 112 valence electrons. The van der Waals surface area contributed by atoms with Gasteiger partial charge in [0.2, 0.25) is 0 Å². The highest BCUT2D eigenvalue weighted by Gasteiger charge is 2.22. The zero-order chi connectivity index (χ0) is 15.6. The molecule has 5 nitrogen and oxygen atoms in total. The van der Waals surface area contributed by atoms with E-state index in [2.05, 4.69) is 26.0 Å². The van der Waals surface area contributed by atoms with Crippen molar-refractivity contribution in [1.29, 1.82) is 0 Å². The Labute approximate surface area is 136 Å². The van der Waals surface area contributed by atoms with E-state index in [0.717, 1.165) is 0 Å². The molecule has 0 aromatic carbocycles. The van der Waals surface area contributed by atoms with Gasteiger partial charge in [-0.25, -0.2) is 4.79 Å². The summed E-state index contributed by atoms with van der Waals surface area (Å²) in [7, 11) is 0. The average Bonchev–Trinajstić information content (AvgIpc) is 2.81. The highest BCUT2D eigenvalue weighted by molar-refractivity contribution is 9.08. The molecule has 2 aromatic heterocycles. The third kappa shape index (κ3) is 4.04. The molecule has 0 radical (unpaired) electrons. The smallest absolute Gasteiger partial charge is 0.435 e. The van der Waals surface area contributed by atoms with E-state index in [9.17, 15) is 4.79 Å². The Balaban J connectivity index is 2.38. The molecule has 0 saturated carbocycles. The number of pyridine rings is 1. The Morgan fingerprint density at radius 2 is 2.10 bits per heavy atom. The van der Waals surface area contributed by atoms with Crippen molar-refractivity contribution in [3.8, 4) is 11.4 Å². The van der Waals surface area contributed by atoms with Crippen molar-refractivity contribution in [3.05, 3.63) is 35.1 Å². The third-order valence-corrected chi connectivity index (χ3v) is 3.28. The SMILES string of the molecule is CC(C)(C)OC(=O)n1nc(-c2cc(Cl)ccn2)cc1CBr. The Morgan fingerprint density at radius 3 is 2.67 bits per heavy atom. The van der Waals surface area contributed by atoms with Gasteiger partial charge in [0.1, 0.15) is 11.3 Å². The summed E-state index contributed by atoms with van der Waals surface area (Å²) in [4.78, 5) is 16.4. The molecule has 0 N–H and O–H groups in total. The van der Waals surface area contributed by atoms with Gasteiger partial charge in [0, 0.05) is 16.5 Å². The molecule has 7 heteroatoms. The lowest BCUT2D eigenvalue weighted by molar-refractivity contribution is 0.0511. The normalized spacial score (nSPS) is 11.5. The van der Waals surface area contributed by atoms with Crippen LogP contribution in [-0.2, 0) is 10.1 Å². The summed E-state index contributed by atoms with van der Waals surface area (Å²) in [6, 6.07) is 5.15. The fraction of sp³-hybridized carbons (Fsp3) is 0.357. The van der Waals surface area contributed by atoms with Gasteiger partial charge in [-0.2, -0.15) is 9.78 Å². The van der Waals surface area contributed by atoms with Crippen LogP contribution in [0.2, 0.25) is 5.02 Å². The Morgan fingerprint density at radius 1 is 1.38 bits per heavy atom. The second-order valence-corrected chi connectivity index (χ2v) is 6.40. The second kappa shape index (κ2) is 6.15. The van der Waals surface area contributed by atoms with Gasteiger partial charge in [-0.1, -0.05) is 27.5 Å². The minimum atomic E-state index is -0.582. The summed E-state index contributed by atoms with van der Waals surface area (Å²) >= 11 is 9.29. The molecule has 0 saturated heterocycles. The molecule has 21 heavy (non-hydrogen) atoms. The summed E-state index contributed by atoms with van der Waals surface area (Å²) in [5.74, 6) is 0. The standard InChI is InChI=1S/C14H15BrClN3O2/c1-14(2,3)21-13(20)19-10(8-15)7-12(18-19)11-6-9(16)4-5-17-11/h4-7H,8H2,1-3H3. The summed E-state index contributed by atoms with van der Waals surface area (Å²) < 4.78 is 6.57. The van der Waals surface area contributed by atoms with Gasteiger partial charge >= 0.3 is 6.09 Å². The molecule has 0 unspecified atom stereocenters. The maximum Gasteiger partial charge on any atom is 0.435 e. The number of nitrogens with zero attached hydrogens (tertiary/aromatic N) is 3. The van der Waals surface area contributed by atoms with Gasteiger partial charge < -0.3 is 4.74 Å². The minimum absolute atomic E-state index is 0.472. The van der Waals surface area contributed by atoms with Crippen molar-refractivity contribution in [2.45, 2.75) is 31.7 Å². The zero-order valence-corrected chi connectivity index (χ0v) is 14.3. The van der Waals surface area contributed by atoms with Crippen molar-refractivity contribution in [1.82, 2.24) is 14.8 Å². The van der Waals surface area contributed by atoms with Crippen molar-refractivity contribution >= 4 is 33.6 Å². The third-order valence-electron chi connectivity index (χ3n) is 2.47. The molecule has 0 atom stereocenters. The van der Waals surface area contributed by atoms with Crippen molar-refractivity contribution in [3.63, 3.8) is 0 Å². The largest absolute Gasteiger partial charge is 0.442 e. The fourth-order valence-corrected chi connectivity index (χ4v) is 2.21. The molecule has 0 amide bonds. The van der Waals surface area contributed by atoms with Crippen LogP contribution in [0, 0.1) is 0 Å². The number of aromatic nitrogens is 3. The van der Waals surface area contributed by atoms with E-state index in [1.807, 2.05) is 20.8 Å². The first-order valence-corrected chi connectivity index (χ1v) is 7.80. The van der Waals surface area contributed by atoms with Gasteiger partial charge in [-0.3, -0.25) is 4.98 Å². The first kappa shape index (κ1) is 16.0. The summed E-state index contributed by atoms with van der Waals surface area (Å²) in [6.45, 7) is 5.42. The topological polar surface area (TPSA) is 57.0 Å². The predicted octanol–water partition coefficient (Wildman–Crippen LogP) is 4.28. The number of carbonyl (C=O) groups is 1. The van der Waals surface area contributed by atoms with Gasteiger partial charge in [0.25, 0.3) is 0 Å². The van der Waals surface area contributed by atoms with Crippen molar-refractivity contribution in [2.24, 2.45) is 0 Å². The van der Waals surface area contributed by atoms with E-state index in [4.69, 9.17) is 16.3 Å². The van der Waals surface area contributed by atoms with E-state index in [-0.39, 0.29) is 0 Å². The number of ether oxygens (including phenoxy) is 1. The van der Waals surface area contributed by atoms with Gasteiger partial charge in [0.05, 0.1) is 11.4 Å². The lowest BCUT2D eigenvalue weighted by Crippen LogP contribution is -2.28. The number of halogens is 2. The Kier molecular flexibility index (Phi) is 4.68. The van der Waals surface area contributed by atoms with E-state index >= 15 is 0 Å². The molecule has 0 aliphatic rings. The van der Waals surface area contributed by atoms with Gasteiger partial charge in [-0.15, -0.1) is 0 Å². The van der Waals surface area contributed by atoms with Crippen LogP contribution in [0.25, 0.3) is 11.4 Å². The van der Waals surface area contributed by atoms with Crippen LogP contribution in [0.15, 0.2) is 24.4 Å². The summed E-state index contributed by atoms with van der Waals surface area (Å²) in [5.41, 5.74) is 1.27. The summed E-state index contributed by atoms with van der Waals surface area (Å²) in [6.07, 6.45) is 1.07.